The third-order valence-electron chi connectivity index (χ3n) is 5.09. The first-order valence-electron chi connectivity index (χ1n) is 10.0. The molecule has 0 aliphatic heterocycles. The third kappa shape index (κ3) is 5.89. The van der Waals surface area contributed by atoms with Crippen LogP contribution in [-0.4, -0.2) is 49.9 Å². The van der Waals surface area contributed by atoms with E-state index in [4.69, 9.17) is 4.74 Å². The number of thiophene rings is 1. The lowest BCUT2D eigenvalue weighted by molar-refractivity contribution is -0.119. The molecule has 1 aromatic carbocycles. The fourth-order valence-corrected chi connectivity index (χ4v) is 5.05. The van der Waals surface area contributed by atoms with Gasteiger partial charge in [-0.1, -0.05) is 13.0 Å². The van der Waals surface area contributed by atoms with Gasteiger partial charge in [0.1, 0.15) is 10.8 Å². The molecule has 3 rings (SSSR count). The summed E-state index contributed by atoms with van der Waals surface area (Å²) in [5.41, 5.74) is 1.76. The van der Waals surface area contributed by atoms with Gasteiger partial charge in [0.2, 0.25) is 11.8 Å². The van der Waals surface area contributed by atoms with Crippen LogP contribution in [0.1, 0.15) is 34.1 Å². The Bertz CT molecular complexity index is 991. The maximum Gasteiger partial charge on any atom is 0.341 e. The van der Waals surface area contributed by atoms with Gasteiger partial charge in [-0.3, -0.25) is 14.5 Å². The molecule has 0 radical (unpaired) electrons. The molecule has 1 aliphatic rings. The summed E-state index contributed by atoms with van der Waals surface area (Å²) in [7, 11) is 2.96. The van der Waals surface area contributed by atoms with E-state index in [9.17, 15) is 18.8 Å². The van der Waals surface area contributed by atoms with E-state index in [-0.39, 0.29) is 24.9 Å². The topological polar surface area (TPSA) is 87.7 Å². The van der Waals surface area contributed by atoms with E-state index in [1.54, 1.807) is 13.1 Å². The summed E-state index contributed by atoms with van der Waals surface area (Å²) in [5, 5.41) is 5.90. The minimum Gasteiger partial charge on any atom is -0.465 e. The van der Waals surface area contributed by atoms with Crippen molar-refractivity contribution in [3.05, 3.63) is 46.1 Å². The van der Waals surface area contributed by atoms with E-state index >= 15 is 0 Å². The number of esters is 1. The van der Waals surface area contributed by atoms with Crippen molar-refractivity contribution in [2.45, 2.75) is 26.2 Å². The van der Waals surface area contributed by atoms with Crippen molar-refractivity contribution in [2.75, 3.05) is 37.9 Å². The Labute approximate surface area is 184 Å². The predicted molar refractivity (Wildman–Crippen MR) is 118 cm³/mol. The van der Waals surface area contributed by atoms with Crippen molar-refractivity contribution in [3.8, 4) is 0 Å². The van der Waals surface area contributed by atoms with E-state index < -0.39 is 11.8 Å². The molecular weight excluding hydrogens is 421 g/mol. The van der Waals surface area contributed by atoms with Crippen LogP contribution in [0.15, 0.2) is 24.3 Å². The van der Waals surface area contributed by atoms with Gasteiger partial charge in [-0.2, -0.15) is 0 Å². The van der Waals surface area contributed by atoms with Gasteiger partial charge in [0.25, 0.3) is 0 Å². The van der Waals surface area contributed by atoms with E-state index in [1.165, 1.54) is 41.5 Å². The van der Waals surface area contributed by atoms with E-state index in [0.29, 0.717) is 22.2 Å². The minimum atomic E-state index is -0.454. The number of likely N-dealkylation sites (N-methyl/N-ethyl adjacent to an activating group) is 1. The average molecular weight is 448 g/mol. The molecule has 166 valence electrons. The average Bonchev–Trinajstić information content (AvgIpc) is 3.03. The number of hydrogen-bond acceptors (Lipinski definition) is 6. The number of carbonyl (C=O) groups is 3. The second kappa shape index (κ2) is 10.0. The third-order valence-corrected chi connectivity index (χ3v) is 6.26. The molecule has 9 heteroatoms. The smallest absolute Gasteiger partial charge is 0.341 e. The standard InChI is InChI=1S/C22H26FN3O4S/c1-13-7-8-16-17(9-13)31-21(20(16)22(29)30-3)25-19(28)12-26(2)11-18(27)24-15-6-4-5-14(23)10-15/h4-6,10,13H,7-9,11-12H2,1-3H3,(H,24,27)(H,25,28). The number of amides is 2. The number of halogens is 1. The number of nitrogens with zero attached hydrogens (tertiary/aromatic N) is 1. The lowest BCUT2D eigenvalue weighted by Crippen LogP contribution is -2.36. The summed E-state index contributed by atoms with van der Waals surface area (Å²) in [6.07, 6.45) is 2.65. The molecule has 1 atom stereocenters. The van der Waals surface area contributed by atoms with Crippen LogP contribution >= 0.6 is 11.3 Å². The molecule has 7 nitrogen and oxygen atoms in total. The van der Waals surface area contributed by atoms with Crippen LogP contribution in [0, 0.1) is 11.7 Å². The van der Waals surface area contributed by atoms with Gasteiger partial charge in [0, 0.05) is 10.6 Å². The Morgan fingerprint density at radius 1 is 1.23 bits per heavy atom. The fourth-order valence-electron chi connectivity index (χ4n) is 3.64. The molecule has 2 amide bonds. The highest BCUT2D eigenvalue weighted by Gasteiger charge is 2.29. The Morgan fingerprint density at radius 2 is 1.94 bits per heavy atom. The Kier molecular flexibility index (Phi) is 7.40. The number of hydrogen-bond donors (Lipinski definition) is 2. The zero-order valence-electron chi connectivity index (χ0n) is 17.8. The summed E-state index contributed by atoms with van der Waals surface area (Å²) in [4.78, 5) is 39.7. The van der Waals surface area contributed by atoms with Crippen LogP contribution in [0.5, 0.6) is 0 Å². The highest BCUT2D eigenvalue weighted by atomic mass is 32.1. The van der Waals surface area contributed by atoms with Gasteiger partial charge in [-0.25, -0.2) is 9.18 Å². The van der Waals surface area contributed by atoms with Gasteiger partial charge >= 0.3 is 5.97 Å². The first kappa shape index (κ1) is 22.9. The molecule has 0 spiro atoms. The minimum absolute atomic E-state index is 0.0455. The van der Waals surface area contributed by atoms with E-state index in [2.05, 4.69) is 17.6 Å². The molecule has 0 saturated heterocycles. The number of fused-ring (bicyclic) bond motifs is 1. The second-order valence-corrected chi connectivity index (χ2v) is 8.93. The molecular formula is C22H26FN3O4S. The number of anilines is 2. The number of methoxy groups -OCH3 is 1. The van der Waals surface area contributed by atoms with Gasteiger partial charge in [-0.15, -0.1) is 11.3 Å². The van der Waals surface area contributed by atoms with Crippen LogP contribution in [0.25, 0.3) is 0 Å². The molecule has 0 saturated carbocycles. The number of ether oxygens (including phenoxy) is 1. The summed E-state index contributed by atoms with van der Waals surface area (Å²) in [6, 6.07) is 5.60. The summed E-state index contributed by atoms with van der Waals surface area (Å²) < 4.78 is 18.2. The number of benzene rings is 1. The molecule has 1 aromatic heterocycles. The quantitative estimate of drug-likeness (QED) is 0.636. The van der Waals surface area contributed by atoms with Crippen LogP contribution in [0.3, 0.4) is 0 Å². The summed E-state index contributed by atoms with van der Waals surface area (Å²) in [6.45, 7) is 2.07. The van der Waals surface area contributed by atoms with Crippen molar-refractivity contribution in [3.63, 3.8) is 0 Å². The van der Waals surface area contributed by atoms with Gasteiger partial charge in [0.15, 0.2) is 0 Å². The summed E-state index contributed by atoms with van der Waals surface area (Å²) >= 11 is 1.42. The predicted octanol–water partition coefficient (Wildman–Crippen LogP) is 3.31. The highest BCUT2D eigenvalue weighted by Crippen LogP contribution is 2.40. The van der Waals surface area contributed by atoms with Gasteiger partial charge in [-0.05, 0) is 56.0 Å². The van der Waals surface area contributed by atoms with Crippen LogP contribution in [-0.2, 0) is 27.2 Å². The normalized spacial score (nSPS) is 15.3. The molecule has 2 N–H and O–H groups in total. The fraction of sp³-hybridized carbons (Fsp3) is 0.409. The number of carbonyl (C=O) groups excluding carboxylic acids is 3. The van der Waals surface area contributed by atoms with Crippen molar-refractivity contribution in [1.29, 1.82) is 0 Å². The molecule has 0 bridgehead atoms. The van der Waals surface area contributed by atoms with E-state index in [1.807, 2.05) is 0 Å². The molecule has 2 aromatic rings. The number of rotatable bonds is 7. The van der Waals surface area contributed by atoms with Gasteiger partial charge in [0.05, 0.1) is 25.8 Å². The SMILES string of the molecule is COC(=O)c1c(NC(=O)CN(C)CC(=O)Nc2cccc(F)c2)sc2c1CCC(C)C2. The first-order chi connectivity index (χ1) is 14.8. The van der Waals surface area contributed by atoms with Crippen LogP contribution in [0.4, 0.5) is 15.1 Å². The molecule has 0 fully saturated rings. The maximum atomic E-state index is 13.2. The molecule has 1 heterocycles. The zero-order valence-corrected chi connectivity index (χ0v) is 18.6. The Hall–Kier alpha value is -2.78. The monoisotopic (exact) mass is 447 g/mol. The van der Waals surface area contributed by atoms with Crippen LogP contribution < -0.4 is 10.6 Å². The molecule has 31 heavy (non-hydrogen) atoms. The number of nitrogens with one attached hydrogen (secondary N) is 2. The van der Waals surface area contributed by atoms with Crippen molar-refractivity contribution < 1.29 is 23.5 Å². The first-order valence-corrected chi connectivity index (χ1v) is 10.8. The maximum absolute atomic E-state index is 13.2. The van der Waals surface area contributed by atoms with Crippen molar-refractivity contribution in [1.82, 2.24) is 4.90 Å². The van der Waals surface area contributed by atoms with E-state index in [0.717, 1.165) is 29.7 Å². The van der Waals surface area contributed by atoms with Crippen molar-refractivity contribution >= 4 is 39.8 Å². The molecule has 1 aliphatic carbocycles. The highest BCUT2D eigenvalue weighted by molar-refractivity contribution is 7.17. The zero-order chi connectivity index (χ0) is 22.5. The van der Waals surface area contributed by atoms with Crippen LogP contribution in [0.2, 0.25) is 0 Å². The lowest BCUT2D eigenvalue weighted by atomic mass is 9.88. The Morgan fingerprint density at radius 3 is 2.61 bits per heavy atom. The second-order valence-electron chi connectivity index (χ2n) is 7.83. The summed E-state index contributed by atoms with van der Waals surface area (Å²) in [5.74, 6) is -1.07. The lowest BCUT2D eigenvalue weighted by Gasteiger charge is -2.18. The largest absolute Gasteiger partial charge is 0.465 e. The molecule has 1 unspecified atom stereocenters. The van der Waals surface area contributed by atoms with Gasteiger partial charge < -0.3 is 15.4 Å². The Balaban J connectivity index is 1.61. The van der Waals surface area contributed by atoms with Crippen molar-refractivity contribution in [2.24, 2.45) is 5.92 Å².